The van der Waals surface area contributed by atoms with Gasteiger partial charge in [-0.2, -0.15) is 0 Å². The lowest BCUT2D eigenvalue weighted by atomic mass is 9.88. The molecule has 0 spiro atoms. The summed E-state index contributed by atoms with van der Waals surface area (Å²) in [4.78, 5) is 16.3. The van der Waals surface area contributed by atoms with E-state index in [2.05, 4.69) is 42.9 Å². The molecule has 4 aromatic rings. The lowest BCUT2D eigenvalue weighted by molar-refractivity contribution is -0.128. The van der Waals surface area contributed by atoms with Gasteiger partial charge in [-0.15, -0.1) is 0 Å². The van der Waals surface area contributed by atoms with Crippen molar-refractivity contribution in [3.8, 4) is 5.75 Å². The number of para-hydroxylation sites is 1. The predicted molar refractivity (Wildman–Crippen MR) is 120 cm³/mol. The predicted octanol–water partition coefficient (Wildman–Crippen LogP) is 5.79. The molecule has 0 saturated carbocycles. The number of hydrogen-bond donors (Lipinski definition) is 0. The third kappa shape index (κ3) is 3.80. The number of carbonyl (C=O) groups is 1. The lowest BCUT2D eigenvalue weighted by Gasteiger charge is -2.18. The number of hydrogen-bond acceptors (Lipinski definition) is 3. The Hall–Kier alpha value is -3.92. The van der Waals surface area contributed by atoms with Crippen molar-refractivity contribution in [1.29, 1.82) is 0 Å². The van der Waals surface area contributed by atoms with Crippen LogP contribution in [0, 0.1) is 0 Å². The quantitative estimate of drug-likeness (QED) is 0.180. The monoisotopic (exact) mass is 394 g/mol. The average Bonchev–Trinajstić information content (AvgIpc) is 3.26. The largest absolute Gasteiger partial charge is 0.423 e. The average molecular weight is 394 g/mol. The van der Waals surface area contributed by atoms with Crippen molar-refractivity contribution in [1.82, 2.24) is 9.38 Å². The zero-order chi connectivity index (χ0) is 20.9. The van der Waals surface area contributed by atoms with E-state index >= 15 is 0 Å². The van der Waals surface area contributed by atoms with Crippen LogP contribution >= 0.6 is 0 Å². The summed E-state index contributed by atoms with van der Waals surface area (Å²) in [6.07, 6.45) is 7.75. The molecule has 0 N–H and O–H groups in total. The Balaban J connectivity index is 2.01. The van der Waals surface area contributed by atoms with Crippen molar-refractivity contribution in [2.75, 3.05) is 0 Å². The molecular weight excluding hydrogens is 372 g/mol. The molecule has 0 saturated heterocycles. The Bertz CT molecular complexity index is 1240. The summed E-state index contributed by atoms with van der Waals surface area (Å²) >= 11 is 0. The number of benzene rings is 2. The van der Waals surface area contributed by atoms with Crippen molar-refractivity contribution in [3.63, 3.8) is 0 Å². The second kappa shape index (κ2) is 8.62. The smallest absolute Gasteiger partial charge is 0.335 e. The zero-order valence-corrected chi connectivity index (χ0v) is 16.8. The molecule has 148 valence electrons. The van der Waals surface area contributed by atoms with Gasteiger partial charge in [0, 0.05) is 30.2 Å². The Morgan fingerprint density at radius 1 is 1.03 bits per heavy atom. The molecule has 4 nitrogen and oxygen atoms in total. The molecule has 0 aliphatic heterocycles. The van der Waals surface area contributed by atoms with E-state index in [1.165, 1.54) is 6.08 Å². The number of nitrogens with zero attached hydrogens (tertiary/aromatic N) is 2. The number of carbonyl (C=O) groups excluding carboxylic acids is 1. The summed E-state index contributed by atoms with van der Waals surface area (Å²) in [6.45, 7) is 5.66. The second-order valence-corrected chi connectivity index (χ2v) is 6.80. The van der Waals surface area contributed by atoms with Crippen LogP contribution in [0.15, 0.2) is 98.0 Å². The molecule has 2 aromatic carbocycles. The summed E-state index contributed by atoms with van der Waals surface area (Å²) in [5, 5.41) is 0. The SMILES string of the molecule is C=CC(=O)Oc1ccccc1/C(=C(\CC)c1ccccc1)c1ccc2nccn2c1. The van der Waals surface area contributed by atoms with Gasteiger partial charge in [0.05, 0.1) is 0 Å². The number of ether oxygens (including phenoxy) is 1. The fourth-order valence-electron chi connectivity index (χ4n) is 3.64. The molecule has 2 aromatic heterocycles. The van der Waals surface area contributed by atoms with Gasteiger partial charge in [-0.3, -0.25) is 0 Å². The third-order valence-corrected chi connectivity index (χ3v) is 4.99. The molecule has 0 atom stereocenters. The van der Waals surface area contributed by atoms with Crippen molar-refractivity contribution in [2.24, 2.45) is 0 Å². The number of pyridine rings is 1. The Labute approximate surface area is 175 Å². The molecule has 0 amide bonds. The van der Waals surface area contributed by atoms with Crippen molar-refractivity contribution in [2.45, 2.75) is 13.3 Å². The minimum absolute atomic E-state index is 0.482. The van der Waals surface area contributed by atoms with Crippen LogP contribution in [0.25, 0.3) is 16.8 Å². The summed E-state index contributed by atoms with van der Waals surface area (Å²) in [5.74, 6) is 0.0228. The van der Waals surface area contributed by atoms with Crippen LogP contribution < -0.4 is 4.74 Å². The van der Waals surface area contributed by atoms with Gasteiger partial charge in [0.1, 0.15) is 11.4 Å². The fraction of sp³-hybridized carbons (Fsp3) is 0.0769. The number of fused-ring (bicyclic) bond motifs is 1. The van der Waals surface area contributed by atoms with E-state index in [1.807, 2.05) is 59.1 Å². The van der Waals surface area contributed by atoms with Crippen LogP contribution in [0.3, 0.4) is 0 Å². The number of imidazole rings is 1. The molecule has 2 heterocycles. The maximum Gasteiger partial charge on any atom is 0.335 e. The Morgan fingerprint density at radius 3 is 2.57 bits per heavy atom. The number of rotatable bonds is 6. The minimum Gasteiger partial charge on any atom is -0.423 e. The first kappa shape index (κ1) is 19.4. The van der Waals surface area contributed by atoms with E-state index < -0.39 is 5.97 Å². The number of allylic oxidation sites excluding steroid dienone is 1. The molecule has 0 aliphatic carbocycles. The molecule has 0 aliphatic rings. The van der Waals surface area contributed by atoms with Crippen LogP contribution in [-0.4, -0.2) is 15.4 Å². The second-order valence-electron chi connectivity index (χ2n) is 6.80. The van der Waals surface area contributed by atoms with E-state index in [1.54, 1.807) is 6.20 Å². The van der Waals surface area contributed by atoms with Gasteiger partial charge in [0.25, 0.3) is 0 Å². The number of aromatic nitrogens is 2. The highest BCUT2D eigenvalue weighted by Gasteiger charge is 2.18. The van der Waals surface area contributed by atoms with Gasteiger partial charge in [-0.25, -0.2) is 9.78 Å². The summed E-state index contributed by atoms with van der Waals surface area (Å²) in [7, 11) is 0. The van der Waals surface area contributed by atoms with Crippen LogP contribution in [-0.2, 0) is 4.79 Å². The summed E-state index contributed by atoms with van der Waals surface area (Å²) < 4.78 is 7.58. The van der Waals surface area contributed by atoms with Gasteiger partial charge in [-0.1, -0.05) is 62.0 Å². The van der Waals surface area contributed by atoms with E-state index in [9.17, 15) is 4.79 Å². The highest BCUT2D eigenvalue weighted by atomic mass is 16.5. The highest BCUT2D eigenvalue weighted by Crippen LogP contribution is 2.38. The standard InChI is InChI=1S/C26H22N2O2/c1-3-21(19-10-6-5-7-11-19)26(20-14-15-24-27-16-17-28(24)18-20)22-12-8-9-13-23(22)30-25(29)4-2/h4-18H,2-3H2,1H3/b26-21+. The van der Waals surface area contributed by atoms with E-state index in [4.69, 9.17) is 4.74 Å². The minimum atomic E-state index is -0.482. The highest BCUT2D eigenvalue weighted by molar-refractivity contribution is 6.00. The maximum absolute atomic E-state index is 12.0. The van der Waals surface area contributed by atoms with Crippen LogP contribution in [0.1, 0.15) is 30.0 Å². The molecule has 4 rings (SSSR count). The summed E-state index contributed by atoms with van der Waals surface area (Å²) in [6, 6.07) is 21.9. The Kier molecular flexibility index (Phi) is 5.57. The van der Waals surface area contributed by atoms with Crippen molar-refractivity contribution in [3.05, 3.63) is 115 Å². The van der Waals surface area contributed by atoms with E-state index in [0.29, 0.717) is 5.75 Å². The molecule has 0 bridgehead atoms. The van der Waals surface area contributed by atoms with E-state index in [-0.39, 0.29) is 0 Å². The summed E-state index contributed by atoms with van der Waals surface area (Å²) in [5.41, 5.74) is 6.06. The first-order valence-corrected chi connectivity index (χ1v) is 9.86. The third-order valence-electron chi connectivity index (χ3n) is 4.99. The molecule has 0 unspecified atom stereocenters. The van der Waals surface area contributed by atoms with Crippen LogP contribution in [0.2, 0.25) is 0 Å². The maximum atomic E-state index is 12.0. The van der Waals surface area contributed by atoms with Crippen LogP contribution in [0.4, 0.5) is 0 Å². The first-order valence-electron chi connectivity index (χ1n) is 9.86. The van der Waals surface area contributed by atoms with Gasteiger partial charge in [0.15, 0.2) is 0 Å². The van der Waals surface area contributed by atoms with Gasteiger partial charge >= 0.3 is 5.97 Å². The van der Waals surface area contributed by atoms with Crippen LogP contribution in [0.5, 0.6) is 5.75 Å². The van der Waals surface area contributed by atoms with Crippen molar-refractivity contribution < 1.29 is 9.53 Å². The lowest BCUT2D eigenvalue weighted by Crippen LogP contribution is -2.06. The molecular formula is C26H22N2O2. The Morgan fingerprint density at radius 2 is 1.80 bits per heavy atom. The molecule has 4 heteroatoms. The molecule has 30 heavy (non-hydrogen) atoms. The first-order chi connectivity index (χ1) is 14.7. The normalized spacial score (nSPS) is 11.8. The fourth-order valence-corrected chi connectivity index (χ4v) is 3.64. The van der Waals surface area contributed by atoms with Crippen molar-refractivity contribution >= 4 is 22.8 Å². The van der Waals surface area contributed by atoms with Gasteiger partial charge in [-0.05, 0) is 46.9 Å². The molecule has 0 fully saturated rings. The van der Waals surface area contributed by atoms with Gasteiger partial charge < -0.3 is 9.14 Å². The zero-order valence-electron chi connectivity index (χ0n) is 16.8. The van der Waals surface area contributed by atoms with E-state index in [0.717, 1.165) is 39.9 Å². The number of esters is 1. The molecule has 0 radical (unpaired) electrons. The topological polar surface area (TPSA) is 43.6 Å². The van der Waals surface area contributed by atoms with Gasteiger partial charge in [0.2, 0.25) is 0 Å².